The summed E-state index contributed by atoms with van der Waals surface area (Å²) in [7, 11) is 0. The normalized spacial score (nSPS) is 10.7. The van der Waals surface area contributed by atoms with E-state index in [1.807, 2.05) is 6.07 Å². The van der Waals surface area contributed by atoms with Crippen LogP contribution < -0.4 is 0 Å². The third kappa shape index (κ3) is 2.81. The second-order valence-corrected chi connectivity index (χ2v) is 2.84. The van der Waals surface area contributed by atoms with Crippen molar-refractivity contribution in [3.05, 3.63) is 35.4 Å². The minimum Gasteiger partial charge on any atom is -0.477 e. The van der Waals surface area contributed by atoms with Gasteiger partial charge in [0.05, 0.1) is 11.6 Å². The molecule has 15 heavy (non-hydrogen) atoms. The van der Waals surface area contributed by atoms with Crippen molar-refractivity contribution in [2.75, 3.05) is 0 Å². The van der Waals surface area contributed by atoms with Crippen molar-refractivity contribution in [2.24, 2.45) is 5.16 Å². The van der Waals surface area contributed by atoms with Crippen molar-refractivity contribution in [1.82, 2.24) is 0 Å². The van der Waals surface area contributed by atoms with Crippen molar-refractivity contribution in [3.8, 4) is 6.07 Å². The van der Waals surface area contributed by atoms with Gasteiger partial charge in [-0.3, -0.25) is 0 Å². The highest BCUT2D eigenvalue weighted by Crippen LogP contribution is 2.05. The van der Waals surface area contributed by atoms with E-state index < -0.39 is 5.97 Å². The number of nitrogens with zero attached hydrogens (tertiary/aromatic N) is 2. The summed E-state index contributed by atoms with van der Waals surface area (Å²) in [4.78, 5) is 10.5. The Morgan fingerprint density at radius 1 is 1.40 bits per heavy atom. The number of aliphatic carboxylic acids is 1. The number of hydrogen-bond acceptors (Lipinski definition) is 4. The fourth-order valence-electron chi connectivity index (χ4n) is 1.04. The Kier molecular flexibility index (Phi) is 3.41. The number of carboxylic acids is 1. The predicted molar refractivity (Wildman–Crippen MR) is 51.7 cm³/mol. The molecule has 5 nitrogen and oxygen atoms in total. The molecule has 0 heterocycles. The Bertz CT molecular complexity index is 429. The molecule has 1 rings (SSSR count). The topological polar surface area (TPSA) is 93.7 Å². The minimum atomic E-state index is -1.26. The van der Waals surface area contributed by atoms with Crippen LogP contribution in [0.4, 0.5) is 0 Å². The number of oxime groups is 1. The van der Waals surface area contributed by atoms with Gasteiger partial charge < -0.3 is 10.3 Å². The molecule has 0 saturated carbocycles. The van der Waals surface area contributed by atoms with E-state index in [-0.39, 0.29) is 12.1 Å². The first-order valence-electron chi connectivity index (χ1n) is 4.10. The average Bonchev–Trinajstić information content (AvgIpc) is 2.26. The quantitative estimate of drug-likeness (QED) is 0.436. The van der Waals surface area contributed by atoms with Gasteiger partial charge in [-0.15, -0.1) is 0 Å². The van der Waals surface area contributed by atoms with Gasteiger partial charge in [0.1, 0.15) is 0 Å². The van der Waals surface area contributed by atoms with Gasteiger partial charge in [-0.1, -0.05) is 17.3 Å². The summed E-state index contributed by atoms with van der Waals surface area (Å²) in [6.07, 6.45) is 0.0253. The minimum absolute atomic E-state index is 0.0253. The monoisotopic (exact) mass is 204 g/mol. The van der Waals surface area contributed by atoms with Gasteiger partial charge in [-0.2, -0.15) is 5.26 Å². The lowest BCUT2D eigenvalue weighted by Gasteiger charge is -1.99. The third-order valence-electron chi connectivity index (χ3n) is 1.82. The molecule has 0 fully saturated rings. The summed E-state index contributed by atoms with van der Waals surface area (Å²) < 4.78 is 0. The SMILES string of the molecule is N#Cc1ccc(C/C(=N/O)C(=O)O)cc1. The highest BCUT2D eigenvalue weighted by molar-refractivity contribution is 6.35. The van der Waals surface area contributed by atoms with Gasteiger partial charge in [0.15, 0.2) is 5.71 Å². The average molecular weight is 204 g/mol. The molecule has 0 saturated heterocycles. The molecular formula is C10H8N2O3. The number of carbonyl (C=O) groups is 1. The Morgan fingerprint density at radius 3 is 2.40 bits per heavy atom. The maximum Gasteiger partial charge on any atom is 0.354 e. The van der Waals surface area contributed by atoms with Crippen LogP contribution in [0, 0.1) is 11.3 Å². The standard InChI is InChI=1S/C10H8N2O3/c11-6-8-3-1-7(2-4-8)5-9(12-15)10(13)14/h1-4,15H,5H2,(H,13,14)/b12-9-. The number of rotatable bonds is 3. The lowest BCUT2D eigenvalue weighted by molar-refractivity contribution is -0.129. The van der Waals surface area contributed by atoms with E-state index in [0.717, 1.165) is 0 Å². The van der Waals surface area contributed by atoms with Crippen LogP contribution in [0.5, 0.6) is 0 Å². The summed E-state index contributed by atoms with van der Waals surface area (Å²) in [5, 5.41) is 28.2. The van der Waals surface area contributed by atoms with E-state index >= 15 is 0 Å². The van der Waals surface area contributed by atoms with Gasteiger partial charge in [0.2, 0.25) is 0 Å². The lowest BCUT2D eigenvalue weighted by Crippen LogP contribution is -2.15. The van der Waals surface area contributed by atoms with Crippen molar-refractivity contribution >= 4 is 11.7 Å². The van der Waals surface area contributed by atoms with Crippen LogP contribution in [-0.4, -0.2) is 22.0 Å². The van der Waals surface area contributed by atoms with Crippen LogP contribution in [0.15, 0.2) is 29.4 Å². The zero-order valence-electron chi connectivity index (χ0n) is 7.71. The highest BCUT2D eigenvalue weighted by atomic mass is 16.4. The lowest BCUT2D eigenvalue weighted by atomic mass is 10.1. The molecular weight excluding hydrogens is 196 g/mol. The third-order valence-corrected chi connectivity index (χ3v) is 1.82. The maximum absolute atomic E-state index is 10.5. The number of carboxylic acid groups (broad SMARTS) is 1. The van der Waals surface area contributed by atoms with Gasteiger partial charge in [0.25, 0.3) is 0 Å². The van der Waals surface area contributed by atoms with Crippen molar-refractivity contribution in [1.29, 1.82) is 5.26 Å². The van der Waals surface area contributed by atoms with Crippen LogP contribution in [-0.2, 0) is 11.2 Å². The number of hydrogen-bond donors (Lipinski definition) is 2. The van der Waals surface area contributed by atoms with Crippen molar-refractivity contribution < 1.29 is 15.1 Å². The van der Waals surface area contributed by atoms with E-state index in [0.29, 0.717) is 11.1 Å². The fourth-order valence-corrected chi connectivity index (χ4v) is 1.04. The van der Waals surface area contributed by atoms with E-state index in [9.17, 15) is 4.79 Å². The van der Waals surface area contributed by atoms with Gasteiger partial charge in [-0.05, 0) is 17.7 Å². The first-order chi connectivity index (χ1) is 7.17. The summed E-state index contributed by atoms with van der Waals surface area (Å²) >= 11 is 0. The first kappa shape index (κ1) is 10.7. The molecule has 1 aromatic rings. The number of nitriles is 1. The van der Waals surface area contributed by atoms with Crippen LogP contribution in [0.3, 0.4) is 0 Å². The second-order valence-electron chi connectivity index (χ2n) is 2.84. The predicted octanol–water partition coefficient (Wildman–Crippen LogP) is 1.02. The van der Waals surface area contributed by atoms with Gasteiger partial charge in [-0.25, -0.2) is 4.79 Å². The number of benzene rings is 1. The Hall–Kier alpha value is -2.35. The van der Waals surface area contributed by atoms with Crippen LogP contribution in [0.25, 0.3) is 0 Å². The molecule has 0 atom stereocenters. The van der Waals surface area contributed by atoms with Crippen molar-refractivity contribution in [2.45, 2.75) is 6.42 Å². The first-order valence-corrected chi connectivity index (χ1v) is 4.10. The van der Waals surface area contributed by atoms with Gasteiger partial charge >= 0.3 is 5.97 Å². The Morgan fingerprint density at radius 2 is 2.00 bits per heavy atom. The zero-order valence-corrected chi connectivity index (χ0v) is 7.71. The molecule has 0 aliphatic heterocycles. The molecule has 0 spiro atoms. The molecule has 1 aromatic carbocycles. The van der Waals surface area contributed by atoms with E-state index in [2.05, 4.69) is 5.16 Å². The van der Waals surface area contributed by atoms with E-state index in [1.165, 1.54) is 0 Å². The van der Waals surface area contributed by atoms with E-state index in [1.54, 1.807) is 24.3 Å². The second kappa shape index (κ2) is 4.77. The fraction of sp³-hybridized carbons (Fsp3) is 0.100. The summed E-state index contributed by atoms with van der Waals surface area (Å²) in [6.45, 7) is 0. The van der Waals surface area contributed by atoms with Crippen LogP contribution in [0.1, 0.15) is 11.1 Å². The molecule has 0 bridgehead atoms. The molecule has 76 valence electrons. The van der Waals surface area contributed by atoms with Crippen LogP contribution in [0.2, 0.25) is 0 Å². The molecule has 0 aliphatic rings. The summed E-state index contributed by atoms with van der Waals surface area (Å²) in [6, 6.07) is 8.33. The Labute approximate surface area is 85.9 Å². The zero-order chi connectivity index (χ0) is 11.3. The molecule has 0 unspecified atom stereocenters. The molecule has 5 heteroatoms. The smallest absolute Gasteiger partial charge is 0.354 e. The van der Waals surface area contributed by atoms with Crippen LogP contribution >= 0.6 is 0 Å². The molecule has 0 radical (unpaired) electrons. The molecule has 2 N–H and O–H groups in total. The van der Waals surface area contributed by atoms with E-state index in [4.69, 9.17) is 15.6 Å². The molecule has 0 aliphatic carbocycles. The Balaban J connectivity index is 2.82. The van der Waals surface area contributed by atoms with Crippen molar-refractivity contribution in [3.63, 3.8) is 0 Å². The van der Waals surface area contributed by atoms with Gasteiger partial charge in [0, 0.05) is 6.42 Å². The maximum atomic E-state index is 10.5. The highest BCUT2D eigenvalue weighted by Gasteiger charge is 2.10. The molecule has 0 aromatic heterocycles. The summed E-state index contributed by atoms with van der Waals surface area (Å²) in [5.74, 6) is -1.26. The summed E-state index contributed by atoms with van der Waals surface area (Å²) in [5.41, 5.74) is 0.834. The largest absolute Gasteiger partial charge is 0.477 e. The molecule has 0 amide bonds.